The first-order valence-corrected chi connectivity index (χ1v) is 6.51. The number of carbonyl (C=O) groups excluding carboxylic acids is 2. The van der Waals surface area contributed by atoms with Crippen LogP contribution in [0.25, 0.3) is 0 Å². The van der Waals surface area contributed by atoms with Gasteiger partial charge >= 0.3 is 5.97 Å². The van der Waals surface area contributed by atoms with Gasteiger partial charge in [-0.2, -0.15) is 0 Å². The lowest BCUT2D eigenvalue weighted by molar-refractivity contribution is -0.152. The third-order valence-corrected chi connectivity index (χ3v) is 5.00. The van der Waals surface area contributed by atoms with Crippen LogP contribution in [0.15, 0.2) is 11.1 Å². The molecule has 5 nitrogen and oxygen atoms in total. The smallest absolute Gasteiger partial charge is 0.327 e. The molecule has 0 saturated carbocycles. The van der Waals surface area contributed by atoms with E-state index in [9.17, 15) is 19.5 Å². The number of carboxylic acids is 1. The highest BCUT2D eigenvalue weighted by atomic mass is 32.2. The fourth-order valence-corrected chi connectivity index (χ4v) is 4.08. The average molecular weight is 269 g/mol. The lowest BCUT2D eigenvalue weighted by Crippen LogP contribution is -2.59. The molecule has 1 amide bonds. The van der Waals surface area contributed by atoms with Crippen molar-refractivity contribution in [1.29, 1.82) is 0 Å². The molecule has 0 aliphatic carbocycles. The molecule has 0 radical (unpaired) electrons. The van der Waals surface area contributed by atoms with Crippen LogP contribution < -0.4 is 0 Å². The largest absolute Gasteiger partial charge is 0.480 e. The Morgan fingerprint density at radius 3 is 2.33 bits per heavy atom. The van der Waals surface area contributed by atoms with Crippen molar-refractivity contribution in [1.82, 2.24) is 4.90 Å². The SMILES string of the molecule is CC(=O)/C(C)=C1/C(=O)N2[C@@H]1SC(C)(C)[C@@H]2C(=O)O. The third kappa shape index (κ3) is 1.59. The lowest BCUT2D eigenvalue weighted by Gasteiger charge is -2.39. The highest BCUT2D eigenvalue weighted by Gasteiger charge is 2.61. The highest BCUT2D eigenvalue weighted by molar-refractivity contribution is 8.01. The number of carbonyl (C=O) groups is 3. The van der Waals surface area contributed by atoms with Gasteiger partial charge in [-0.05, 0) is 27.7 Å². The third-order valence-electron chi connectivity index (χ3n) is 3.48. The summed E-state index contributed by atoms with van der Waals surface area (Å²) in [5.74, 6) is -1.46. The van der Waals surface area contributed by atoms with Crippen LogP contribution in [-0.2, 0) is 14.4 Å². The highest BCUT2D eigenvalue weighted by Crippen LogP contribution is 2.53. The second kappa shape index (κ2) is 3.85. The Hall–Kier alpha value is -1.30. The Morgan fingerprint density at radius 1 is 1.33 bits per heavy atom. The standard InChI is InChI=1S/C12H15NO4S/c1-5(6(2)14)7-9(15)13-8(11(16)17)12(3,4)18-10(7)13/h8,10H,1-4H3,(H,16,17)/b7-5-/t8-,10+/m0/s1. The summed E-state index contributed by atoms with van der Waals surface area (Å²) in [6.45, 7) is 6.65. The number of fused-ring (bicyclic) bond motifs is 1. The second-order valence-electron chi connectivity index (χ2n) is 5.12. The molecule has 2 fully saturated rings. The van der Waals surface area contributed by atoms with Crippen molar-refractivity contribution in [2.75, 3.05) is 0 Å². The van der Waals surface area contributed by atoms with Crippen LogP contribution in [-0.4, -0.2) is 43.8 Å². The molecule has 2 aliphatic heterocycles. The van der Waals surface area contributed by atoms with Gasteiger partial charge in [-0.3, -0.25) is 9.59 Å². The Bertz CT molecular complexity index is 494. The molecule has 98 valence electrons. The number of carboxylic acid groups (broad SMARTS) is 1. The van der Waals surface area contributed by atoms with E-state index in [1.807, 2.05) is 13.8 Å². The molecule has 0 aromatic rings. The number of β-lactam (4-membered cyclic amide) rings is 1. The molecule has 0 aromatic carbocycles. The Labute approximate surface area is 109 Å². The maximum atomic E-state index is 12.0. The lowest BCUT2D eigenvalue weighted by atomic mass is 9.92. The molecule has 2 heterocycles. The number of hydrogen-bond acceptors (Lipinski definition) is 4. The normalized spacial score (nSPS) is 31.8. The minimum atomic E-state index is -0.997. The molecule has 18 heavy (non-hydrogen) atoms. The maximum Gasteiger partial charge on any atom is 0.327 e. The van der Waals surface area contributed by atoms with Crippen molar-refractivity contribution < 1.29 is 19.5 Å². The van der Waals surface area contributed by atoms with Crippen LogP contribution in [0.1, 0.15) is 27.7 Å². The van der Waals surface area contributed by atoms with Crippen LogP contribution in [0.4, 0.5) is 0 Å². The number of hydrogen-bond donors (Lipinski definition) is 1. The summed E-state index contributed by atoms with van der Waals surface area (Å²) in [6.07, 6.45) is 0. The van der Waals surface area contributed by atoms with E-state index >= 15 is 0 Å². The van der Waals surface area contributed by atoms with E-state index in [0.29, 0.717) is 11.1 Å². The van der Waals surface area contributed by atoms with Gasteiger partial charge in [0, 0.05) is 10.3 Å². The number of nitrogens with zero attached hydrogens (tertiary/aromatic N) is 1. The van der Waals surface area contributed by atoms with Crippen LogP contribution in [0.3, 0.4) is 0 Å². The van der Waals surface area contributed by atoms with Gasteiger partial charge in [0.1, 0.15) is 11.4 Å². The van der Waals surface area contributed by atoms with E-state index < -0.39 is 16.8 Å². The van der Waals surface area contributed by atoms with Crippen molar-refractivity contribution in [3.05, 3.63) is 11.1 Å². The van der Waals surface area contributed by atoms with E-state index in [4.69, 9.17) is 0 Å². The molecule has 0 bridgehead atoms. The molecule has 2 rings (SSSR count). The Morgan fingerprint density at radius 2 is 1.89 bits per heavy atom. The number of thioether (sulfide) groups is 1. The fourth-order valence-electron chi connectivity index (χ4n) is 2.43. The Kier molecular flexibility index (Phi) is 2.81. The van der Waals surface area contributed by atoms with Crippen molar-refractivity contribution >= 4 is 29.4 Å². The van der Waals surface area contributed by atoms with E-state index in [2.05, 4.69) is 0 Å². The van der Waals surface area contributed by atoms with Crippen LogP contribution in [0.5, 0.6) is 0 Å². The fraction of sp³-hybridized carbons (Fsp3) is 0.583. The number of allylic oxidation sites excluding steroid dienone is 1. The summed E-state index contributed by atoms with van der Waals surface area (Å²) in [6, 6.07) is -0.830. The summed E-state index contributed by atoms with van der Waals surface area (Å²) >= 11 is 1.43. The summed E-state index contributed by atoms with van der Waals surface area (Å²) in [5.41, 5.74) is 0.903. The first-order chi connectivity index (χ1) is 8.18. The molecule has 0 unspecified atom stereocenters. The van der Waals surface area contributed by atoms with Gasteiger partial charge in [0.15, 0.2) is 5.78 Å². The molecule has 0 aromatic heterocycles. The minimum absolute atomic E-state index is 0.143. The summed E-state index contributed by atoms with van der Waals surface area (Å²) in [5, 5.41) is 8.94. The zero-order chi connectivity index (χ0) is 13.8. The zero-order valence-corrected chi connectivity index (χ0v) is 11.5. The number of rotatable bonds is 2. The summed E-state index contributed by atoms with van der Waals surface area (Å²) in [4.78, 5) is 36.0. The summed E-state index contributed by atoms with van der Waals surface area (Å²) < 4.78 is -0.551. The molecule has 2 saturated heterocycles. The van der Waals surface area contributed by atoms with Crippen molar-refractivity contribution in [2.45, 2.75) is 43.9 Å². The molecule has 6 heteroatoms. The van der Waals surface area contributed by atoms with E-state index in [-0.39, 0.29) is 17.1 Å². The summed E-state index contributed by atoms with van der Waals surface area (Å²) in [7, 11) is 0. The maximum absolute atomic E-state index is 12.0. The van der Waals surface area contributed by atoms with E-state index in [0.717, 1.165) is 0 Å². The molecular formula is C12H15NO4S. The monoisotopic (exact) mass is 269 g/mol. The predicted octanol–water partition coefficient (Wildman–Crippen LogP) is 1.04. The van der Waals surface area contributed by atoms with Gasteiger partial charge in [-0.1, -0.05) is 0 Å². The van der Waals surface area contributed by atoms with Crippen molar-refractivity contribution in [3.8, 4) is 0 Å². The number of amides is 1. The molecular weight excluding hydrogens is 254 g/mol. The first kappa shape index (κ1) is 13.1. The van der Waals surface area contributed by atoms with Gasteiger partial charge in [0.05, 0.1) is 5.57 Å². The second-order valence-corrected chi connectivity index (χ2v) is 6.86. The first-order valence-electron chi connectivity index (χ1n) is 5.63. The van der Waals surface area contributed by atoms with Crippen LogP contribution >= 0.6 is 11.8 Å². The number of ketones is 1. The van der Waals surface area contributed by atoms with Gasteiger partial charge in [-0.25, -0.2) is 4.79 Å². The van der Waals surface area contributed by atoms with E-state index in [1.165, 1.54) is 23.6 Å². The number of aliphatic carboxylic acids is 1. The van der Waals surface area contributed by atoms with E-state index in [1.54, 1.807) is 6.92 Å². The molecule has 2 atom stereocenters. The van der Waals surface area contributed by atoms with Gasteiger partial charge in [-0.15, -0.1) is 11.8 Å². The molecule has 0 spiro atoms. The topological polar surface area (TPSA) is 74.7 Å². The number of Topliss-reactive ketones (excluding diaryl/α,β-unsaturated/α-hetero) is 1. The minimum Gasteiger partial charge on any atom is -0.480 e. The zero-order valence-electron chi connectivity index (χ0n) is 10.7. The van der Waals surface area contributed by atoms with Crippen LogP contribution in [0, 0.1) is 0 Å². The van der Waals surface area contributed by atoms with Crippen molar-refractivity contribution in [2.24, 2.45) is 0 Å². The average Bonchev–Trinajstić information content (AvgIpc) is 2.47. The van der Waals surface area contributed by atoms with Gasteiger partial charge in [0.25, 0.3) is 5.91 Å². The van der Waals surface area contributed by atoms with Crippen molar-refractivity contribution in [3.63, 3.8) is 0 Å². The Balaban J connectivity index is 2.42. The predicted molar refractivity (Wildman–Crippen MR) is 67.1 cm³/mol. The molecule has 1 N–H and O–H groups in total. The van der Waals surface area contributed by atoms with Gasteiger partial charge in [0.2, 0.25) is 0 Å². The van der Waals surface area contributed by atoms with Crippen LogP contribution in [0.2, 0.25) is 0 Å². The molecule has 2 aliphatic rings. The van der Waals surface area contributed by atoms with Gasteiger partial charge < -0.3 is 10.0 Å². The quantitative estimate of drug-likeness (QED) is 0.599.